The van der Waals surface area contributed by atoms with Crippen LogP contribution in [0.2, 0.25) is 0 Å². The van der Waals surface area contributed by atoms with Crippen molar-refractivity contribution in [1.82, 2.24) is 0 Å². The lowest BCUT2D eigenvalue weighted by Crippen LogP contribution is -2.49. The molecule has 1 fully saturated rings. The zero-order valence-electron chi connectivity index (χ0n) is 16.7. The maximum atomic E-state index is 13.6. The van der Waals surface area contributed by atoms with Gasteiger partial charge in [0.25, 0.3) is 0 Å². The highest BCUT2D eigenvalue weighted by atomic mass is 19.1. The van der Waals surface area contributed by atoms with E-state index in [1.807, 2.05) is 13.0 Å². The van der Waals surface area contributed by atoms with Crippen molar-refractivity contribution < 1.29 is 18.7 Å². The van der Waals surface area contributed by atoms with Gasteiger partial charge in [-0.3, -0.25) is 9.80 Å². The van der Waals surface area contributed by atoms with Crippen LogP contribution < -0.4 is 9.80 Å². The molecule has 3 aromatic carbocycles. The molecule has 2 unspecified atom stereocenters. The van der Waals surface area contributed by atoms with Crippen LogP contribution in [-0.4, -0.2) is 17.2 Å². The number of rotatable bonds is 4. The molecule has 2 atom stereocenters. The predicted molar refractivity (Wildman–Crippen MR) is 112 cm³/mol. The van der Waals surface area contributed by atoms with Crippen LogP contribution in [0.5, 0.6) is 0 Å². The summed E-state index contributed by atoms with van der Waals surface area (Å²) in [5.41, 5.74) is -0.476. The molecule has 1 saturated heterocycles. The van der Waals surface area contributed by atoms with E-state index in [9.17, 15) is 23.9 Å². The van der Waals surface area contributed by atoms with E-state index in [2.05, 4.69) is 0 Å². The minimum atomic E-state index is -1.86. The van der Waals surface area contributed by atoms with Crippen LogP contribution in [0.15, 0.2) is 72.8 Å². The molecule has 0 aliphatic carbocycles. The normalized spacial score (nSPS) is 20.7. The Labute approximate surface area is 178 Å². The summed E-state index contributed by atoms with van der Waals surface area (Å²) in [7, 11) is 0. The lowest BCUT2D eigenvalue weighted by Gasteiger charge is -2.37. The second-order valence-corrected chi connectivity index (χ2v) is 7.28. The van der Waals surface area contributed by atoms with E-state index in [0.717, 1.165) is 0 Å². The Kier molecular flexibility index (Phi) is 5.17. The summed E-state index contributed by atoms with van der Waals surface area (Å²) in [6.07, 6.45) is 0.355. The molecule has 7 heteroatoms. The van der Waals surface area contributed by atoms with Gasteiger partial charge in [0, 0.05) is 16.9 Å². The van der Waals surface area contributed by atoms with E-state index in [0.29, 0.717) is 28.9 Å². The van der Waals surface area contributed by atoms with Crippen LogP contribution in [0.25, 0.3) is 0 Å². The monoisotopic (exact) mass is 419 g/mol. The predicted octanol–water partition coefficient (Wildman–Crippen LogP) is 4.91. The highest BCUT2D eigenvalue weighted by Gasteiger charge is 2.58. The number of anilines is 2. The van der Waals surface area contributed by atoms with Crippen LogP contribution in [0.1, 0.15) is 24.5 Å². The fraction of sp³-hybridized carbons (Fsp3) is 0.167. The molecule has 1 N–H and O–H groups in total. The van der Waals surface area contributed by atoms with Crippen molar-refractivity contribution in [2.45, 2.75) is 25.1 Å². The molecule has 3 aromatic rings. The number of carbonyl (C=O) groups is 1. The minimum absolute atomic E-state index is 0.291. The molecule has 0 aromatic heterocycles. The highest BCUT2D eigenvalue weighted by molar-refractivity contribution is 6.08. The fourth-order valence-corrected chi connectivity index (χ4v) is 4.11. The lowest BCUT2D eigenvalue weighted by molar-refractivity contribution is 0.0306. The molecule has 0 spiro atoms. The highest BCUT2D eigenvalue weighted by Crippen LogP contribution is 2.45. The molecule has 0 bridgehead atoms. The van der Waals surface area contributed by atoms with E-state index >= 15 is 0 Å². The first-order valence-electron chi connectivity index (χ1n) is 9.77. The van der Waals surface area contributed by atoms with E-state index in [1.165, 1.54) is 64.4 Å². The number of nitrogens with zero attached hydrogens (tertiary/aromatic N) is 3. The molecule has 0 saturated carbocycles. The number of halogens is 2. The number of aliphatic hydroxyl groups is 1. The maximum absolute atomic E-state index is 13.6. The molecular formula is C24H19F2N3O2. The first kappa shape index (κ1) is 20.5. The largest absolute Gasteiger partial charge is 0.365 e. The van der Waals surface area contributed by atoms with Crippen molar-refractivity contribution in [2.75, 3.05) is 9.80 Å². The summed E-state index contributed by atoms with van der Waals surface area (Å²) in [4.78, 5) is 16.2. The van der Waals surface area contributed by atoms with E-state index in [4.69, 9.17) is 0 Å². The van der Waals surface area contributed by atoms with Gasteiger partial charge in [0.2, 0.25) is 0 Å². The summed E-state index contributed by atoms with van der Waals surface area (Å²) in [5.74, 6) is -0.927. The third-order valence-electron chi connectivity index (χ3n) is 5.51. The van der Waals surface area contributed by atoms with Gasteiger partial charge >= 0.3 is 6.03 Å². The molecule has 2 amide bonds. The zero-order chi connectivity index (χ0) is 22.2. The quantitative estimate of drug-likeness (QED) is 0.654. The van der Waals surface area contributed by atoms with Crippen molar-refractivity contribution in [2.24, 2.45) is 0 Å². The van der Waals surface area contributed by atoms with E-state index < -0.39 is 29.4 Å². The van der Waals surface area contributed by atoms with Gasteiger partial charge in [-0.05, 0) is 67.1 Å². The van der Waals surface area contributed by atoms with Gasteiger partial charge in [-0.15, -0.1) is 0 Å². The summed E-state index contributed by atoms with van der Waals surface area (Å²) in [6, 6.07) is 17.8. The molecule has 1 heterocycles. The lowest BCUT2D eigenvalue weighted by atomic mass is 9.91. The molecule has 1 aliphatic rings. The topological polar surface area (TPSA) is 67.6 Å². The van der Waals surface area contributed by atoms with Crippen LogP contribution in [0.4, 0.5) is 25.0 Å². The second-order valence-electron chi connectivity index (χ2n) is 7.28. The summed E-state index contributed by atoms with van der Waals surface area (Å²) < 4.78 is 27.1. The average Bonchev–Trinajstić information content (AvgIpc) is 3.02. The molecule has 156 valence electrons. The number of hydrogen-bond acceptors (Lipinski definition) is 3. The van der Waals surface area contributed by atoms with Crippen molar-refractivity contribution >= 4 is 17.4 Å². The van der Waals surface area contributed by atoms with Crippen LogP contribution in [0.3, 0.4) is 0 Å². The third-order valence-corrected chi connectivity index (χ3v) is 5.51. The fourth-order valence-electron chi connectivity index (χ4n) is 4.11. The third kappa shape index (κ3) is 3.31. The molecule has 5 nitrogen and oxygen atoms in total. The SMILES string of the molecule is CCC1N(c2ccc(F)cc2)C(=O)N(c2ccc(F)cc2)C1(O)c1cccc(C#N)c1. The molecule has 1 aliphatic heterocycles. The molecule has 4 rings (SSSR count). The van der Waals surface area contributed by atoms with Crippen LogP contribution in [-0.2, 0) is 5.72 Å². The van der Waals surface area contributed by atoms with Crippen molar-refractivity contribution in [1.29, 1.82) is 5.26 Å². The Morgan fingerprint density at radius 1 is 1.00 bits per heavy atom. The first-order valence-corrected chi connectivity index (χ1v) is 9.77. The second kappa shape index (κ2) is 7.82. The van der Waals surface area contributed by atoms with Crippen molar-refractivity contribution in [3.63, 3.8) is 0 Å². The molecule has 0 radical (unpaired) electrons. The summed E-state index contributed by atoms with van der Waals surface area (Å²) in [6.45, 7) is 1.82. The Bertz CT molecular complexity index is 1160. The number of benzene rings is 3. The zero-order valence-corrected chi connectivity index (χ0v) is 16.7. The number of carbonyl (C=O) groups excluding carboxylic acids is 1. The van der Waals surface area contributed by atoms with Crippen LogP contribution >= 0.6 is 0 Å². The van der Waals surface area contributed by atoms with Gasteiger partial charge in [-0.25, -0.2) is 13.6 Å². The molecular weight excluding hydrogens is 400 g/mol. The Balaban J connectivity index is 1.95. The number of hydrogen-bond donors (Lipinski definition) is 1. The van der Waals surface area contributed by atoms with Gasteiger partial charge < -0.3 is 5.11 Å². The smallest absolute Gasteiger partial charge is 0.332 e. The van der Waals surface area contributed by atoms with Crippen LogP contribution in [0, 0.1) is 23.0 Å². The average molecular weight is 419 g/mol. The summed E-state index contributed by atoms with van der Waals surface area (Å²) >= 11 is 0. The van der Waals surface area contributed by atoms with E-state index in [1.54, 1.807) is 18.2 Å². The Morgan fingerprint density at radius 3 is 2.13 bits per heavy atom. The number of nitriles is 1. The minimum Gasteiger partial charge on any atom is -0.365 e. The van der Waals surface area contributed by atoms with Gasteiger partial charge in [-0.1, -0.05) is 19.1 Å². The Morgan fingerprint density at radius 2 is 1.58 bits per heavy atom. The summed E-state index contributed by atoms with van der Waals surface area (Å²) in [5, 5.41) is 21.4. The van der Waals surface area contributed by atoms with E-state index in [-0.39, 0.29) is 0 Å². The van der Waals surface area contributed by atoms with Crippen molar-refractivity contribution in [3.05, 3.63) is 95.6 Å². The van der Waals surface area contributed by atoms with Gasteiger partial charge in [0.15, 0.2) is 5.72 Å². The maximum Gasteiger partial charge on any atom is 0.332 e. The first-order chi connectivity index (χ1) is 14.9. The van der Waals surface area contributed by atoms with Gasteiger partial charge in [0.1, 0.15) is 11.6 Å². The van der Waals surface area contributed by atoms with Gasteiger partial charge in [-0.2, -0.15) is 5.26 Å². The van der Waals surface area contributed by atoms with Gasteiger partial charge in [0.05, 0.1) is 17.7 Å². The molecule has 31 heavy (non-hydrogen) atoms. The number of amides is 2. The number of urea groups is 1. The Hall–Kier alpha value is -3.76. The standard InChI is InChI=1S/C24H19F2N3O2/c1-2-22-24(31,17-5-3-4-16(14-17)15-27)29(21-12-8-19(26)9-13-21)23(30)28(22)20-10-6-18(25)7-11-20/h3-14,22,31H,2H2,1H3. The van der Waals surface area contributed by atoms with Crippen molar-refractivity contribution in [3.8, 4) is 6.07 Å².